The van der Waals surface area contributed by atoms with Crippen molar-refractivity contribution in [3.8, 4) is 5.75 Å². The molecule has 8 nitrogen and oxygen atoms in total. The Morgan fingerprint density at radius 2 is 1.69 bits per heavy atom. The van der Waals surface area contributed by atoms with E-state index >= 15 is 0 Å². The van der Waals surface area contributed by atoms with E-state index in [2.05, 4.69) is 15.6 Å². The van der Waals surface area contributed by atoms with E-state index in [0.717, 1.165) is 11.3 Å². The normalized spacial score (nSPS) is 10.3. The molecule has 0 radical (unpaired) electrons. The van der Waals surface area contributed by atoms with Crippen LogP contribution in [0.3, 0.4) is 0 Å². The Balaban J connectivity index is 1.69. The fraction of sp³-hybridized carbons (Fsp3) is 0.100. The standard InChI is InChI=1S/C20H17N3O5S/c1-11-3-4-13(19(26)27)9-15(11)21-18(25)16-10-29-20(22-16)23-17(24)12-5-7-14(28-2)8-6-12/h3-10H,1-2H3,(H,21,25)(H,26,27)(H,22,23,24). The van der Waals surface area contributed by atoms with Crippen LogP contribution in [0.4, 0.5) is 10.8 Å². The van der Waals surface area contributed by atoms with Crippen molar-refractivity contribution < 1.29 is 24.2 Å². The van der Waals surface area contributed by atoms with Gasteiger partial charge in [-0.15, -0.1) is 11.3 Å². The number of benzene rings is 2. The number of aromatic carboxylic acids is 1. The first-order valence-corrected chi connectivity index (χ1v) is 9.31. The summed E-state index contributed by atoms with van der Waals surface area (Å²) in [6.07, 6.45) is 0. The highest BCUT2D eigenvalue weighted by Gasteiger charge is 2.15. The number of hydrogen-bond acceptors (Lipinski definition) is 6. The second kappa shape index (κ2) is 8.53. The SMILES string of the molecule is COc1ccc(C(=O)Nc2nc(C(=O)Nc3cc(C(=O)O)ccc3C)cs2)cc1. The van der Waals surface area contributed by atoms with Crippen molar-refractivity contribution in [2.24, 2.45) is 0 Å². The number of thiazole rings is 1. The minimum absolute atomic E-state index is 0.0663. The number of rotatable bonds is 6. The summed E-state index contributed by atoms with van der Waals surface area (Å²) < 4.78 is 5.06. The molecule has 3 aromatic rings. The zero-order chi connectivity index (χ0) is 21.0. The number of carbonyl (C=O) groups excluding carboxylic acids is 2. The van der Waals surface area contributed by atoms with Crippen LogP contribution in [0.15, 0.2) is 47.8 Å². The molecule has 0 fully saturated rings. The largest absolute Gasteiger partial charge is 0.497 e. The number of carbonyl (C=O) groups is 3. The maximum absolute atomic E-state index is 12.4. The van der Waals surface area contributed by atoms with Crippen molar-refractivity contribution in [3.05, 3.63) is 70.2 Å². The number of nitrogens with one attached hydrogen (secondary N) is 2. The molecule has 0 aliphatic heterocycles. The number of aryl methyl sites for hydroxylation is 1. The number of methoxy groups -OCH3 is 1. The van der Waals surface area contributed by atoms with Gasteiger partial charge in [0.25, 0.3) is 11.8 Å². The number of ether oxygens (including phenoxy) is 1. The van der Waals surface area contributed by atoms with Crippen molar-refractivity contribution in [2.75, 3.05) is 17.7 Å². The lowest BCUT2D eigenvalue weighted by Gasteiger charge is -2.08. The quantitative estimate of drug-likeness (QED) is 0.570. The smallest absolute Gasteiger partial charge is 0.335 e. The third-order valence-electron chi connectivity index (χ3n) is 4.04. The highest BCUT2D eigenvalue weighted by molar-refractivity contribution is 7.14. The van der Waals surface area contributed by atoms with Gasteiger partial charge in [-0.3, -0.25) is 14.9 Å². The zero-order valence-electron chi connectivity index (χ0n) is 15.6. The predicted octanol–water partition coefficient (Wildman–Crippen LogP) is 3.66. The van der Waals surface area contributed by atoms with Gasteiger partial charge in [-0.25, -0.2) is 9.78 Å². The van der Waals surface area contributed by atoms with Crippen molar-refractivity contribution in [3.63, 3.8) is 0 Å². The lowest BCUT2D eigenvalue weighted by Crippen LogP contribution is -2.15. The highest BCUT2D eigenvalue weighted by Crippen LogP contribution is 2.21. The molecule has 148 valence electrons. The van der Waals surface area contributed by atoms with E-state index in [1.807, 2.05) is 0 Å². The molecule has 2 amide bonds. The molecule has 3 N–H and O–H groups in total. The third-order valence-corrected chi connectivity index (χ3v) is 4.80. The monoisotopic (exact) mass is 411 g/mol. The summed E-state index contributed by atoms with van der Waals surface area (Å²) in [6, 6.07) is 11.0. The van der Waals surface area contributed by atoms with Crippen molar-refractivity contribution >= 4 is 39.9 Å². The van der Waals surface area contributed by atoms with E-state index in [1.165, 1.54) is 24.6 Å². The fourth-order valence-corrected chi connectivity index (χ4v) is 3.11. The molecular weight excluding hydrogens is 394 g/mol. The molecule has 0 saturated carbocycles. The van der Waals surface area contributed by atoms with Crippen LogP contribution in [-0.4, -0.2) is 35.0 Å². The summed E-state index contributed by atoms with van der Waals surface area (Å²) in [6.45, 7) is 1.75. The van der Waals surface area contributed by atoms with Crippen LogP contribution in [0.5, 0.6) is 5.75 Å². The summed E-state index contributed by atoms with van der Waals surface area (Å²) >= 11 is 1.11. The van der Waals surface area contributed by atoms with Gasteiger partial charge in [-0.1, -0.05) is 6.07 Å². The first-order chi connectivity index (χ1) is 13.9. The Morgan fingerprint density at radius 3 is 2.34 bits per heavy atom. The molecule has 0 atom stereocenters. The second-order valence-electron chi connectivity index (χ2n) is 6.01. The van der Waals surface area contributed by atoms with Crippen LogP contribution in [-0.2, 0) is 0 Å². The van der Waals surface area contributed by atoms with Gasteiger partial charge in [0, 0.05) is 16.6 Å². The first kappa shape index (κ1) is 20.0. The summed E-state index contributed by atoms with van der Waals surface area (Å²) in [7, 11) is 1.54. The number of carboxylic acids is 1. The summed E-state index contributed by atoms with van der Waals surface area (Å²) in [5, 5.41) is 16.2. The molecule has 0 spiro atoms. The molecular formula is C20H17N3O5S. The number of carboxylic acid groups (broad SMARTS) is 1. The van der Waals surface area contributed by atoms with Gasteiger partial charge < -0.3 is 15.2 Å². The van der Waals surface area contributed by atoms with Gasteiger partial charge in [0.15, 0.2) is 5.13 Å². The van der Waals surface area contributed by atoms with Gasteiger partial charge in [0.1, 0.15) is 11.4 Å². The summed E-state index contributed by atoms with van der Waals surface area (Å²) in [4.78, 5) is 40.0. The van der Waals surface area contributed by atoms with Crippen LogP contribution in [0, 0.1) is 6.92 Å². The minimum atomic E-state index is -1.09. The topological polar surface area (TPSA) is 118 Å². The van der Waals surface area contributed by atoms with Crippen LogP contribution >= 0.6 is 11.3 Å². The summed E-state index contributed by atoms with van der Waals surface area (Å²) in [5.74, 6) is -1.31. The molecule has 1 aromatic heterocycles. The third kappa shape index (κ3) is 4.77. The maximum Gasteiger partial charge on any atom is 0.335 e. The molecule has 0 saturated heterocycles. The van der Waals surface area contributed by atoms with Crippen LogP contribution in [0.2, 0.25) is 0 Å². The van der Waals surface area contributed by atoms with Gasteiger partial charge in [0.2, 0.25) is 0 Å². The Kier molecular flexibility index (Phi) is 5.89. The zero-order valence-corrected chi connectivity index (χ0v) is 16.4. The first-order valence-electron chi connectivity index (χ1n) is 8.43. The average Bonchev–Trinajstić information content (AvgIpc) is 3.18. The molecule has 0 aliphatic rings. The van der Waals surface area contributed by atoms with Crippen molar-refractivity contribution in [2.45, 2.75) is 6.92 Å². The number of hydrogen-bond donors (Lipinski definition) is 3. The van der Waals surface area contributed by atoms with Gasteiger partial charge >= 0.3 is 5.97 Å². The number of aromatic nitrogens is 1. The second-order valence-corrected chi connectivity index (χ2v) is 6.87. The minimum Gasteiger partial charge on any atom is -0.497 e. The van der Waals surface area contributed by atoms with Gasteiger partial charge in [-0.2, -0.15) is 0 Å². The van der Waals surface area contributed by atoms with Crippen molar-refractivity contribution in [1.82, 2.24) is 4.98 Å². The van der Waals surface area contributed by atoms with E-state index < -0.39 is 11.9 Å². The molecule has 29 heavy (non-hydrogen) atoms. The molecule has 1 heterocycles. The Bertz CT molecular complexity index is 1080. The molecule has 9 heteroatoms. The van der Waals surface area contributed by atoms with Gasteiger partial charge in [0.05, 0.1) is 12.7 Å². The molecule has 0 unspecified atom stereocenters. The van der Waals surface area contributed by atoms with Crippen LogP contribution in [0.25, 0.3) is 0 Å². The van der Waals surface area contributed by atoms with Crippen LogP contribution < -0.4 is 15.4 Å². The lowest BCUT2D eigenvalue weighted by atomic mass is 10.1. The van der Waals surface area contributed by atoms with E-state index in [9.17, 15) is 14.4 Å². The molecule has 2 aromatic carbocycles. The van der Waals surface area contributed by atoms with E-state index in [0.29, 0.717) is 22.6 Å². The molecule has 3 rings (SSSR count). The van der Waals surface area contributed by atoms with Crippen LogP contribution in [0.1, 0.15) is 36.8 Å². The Morgan fingerprint density at radius 1 is 1.00 bits per heavy atom. The lowest BCUT2D eigenvalue weighted by molar-refractivity contribution is 0.0696. The maximum atomic E-state index is 12.4. The number of amides is 2. The van der Waals surface area contributed by atoms with E-state index in [4.69, 9.17) is 9.84 Å². The van der Waals surface area contributed by atoms with Gasteiger partial charge in [-0.05, 0) is 48.9 Å². The van der Waals surface area contributed by atoms with Crippen molar-refractivity contribution in [1.29, 1.82) is 0 Å². The number of anilines is 2. The fourth-order valence-electron chi connectivity index (χ4n) is 2.42. The molecule has 0 bridgehead atoms. The Labute approximate surface area is 170 Å². The molecule has 0 aliphatic carbocycles. The van der Waals surface area contributed by atoms with E-state index in [1.54, 1.807) is 37.3 Å². The number of nitrogens with zero attached hydrogens (tertiary/aromatic N) is 1. The van der Waals surface area contributed by atoms with E-state index in [-0.39, 0.29) is 22.3 Å². The average molecular weight is 411 g/mol. The summed E-state index contributed by atoms with van der Waals surface area (Å²) in [5.41, 5.74) is 1.70. The predicted molar refractivity (Wildman–Crippen MR) is 109 cm³/mol. The Hall–Kier alpha value is -3.72. The highest BCUT2D eigenvalue weighted by atomic mass is 32.1.